The van der Waals surface area contributed by atoms with E-state index in [9.17, 15) is 14.0 Å². The van der Waals surface area contributed by atoms with Gasteiger partial charge in [-0.3, -0.25) is 4.57 Å². The molecular formula is C14H25Cl2NO6P2. The lowest BCUT2D eigenvalue weighted by molar-refractivity contribution is -0.693. The third-order valence-corrected chi connectivity index (χ3v) is 9.76. The Hall–Kier alpha value is 0.0300. The van der Waals surface area contributed by atoms with E-state index in [0.717, 1.165) is 6.54 Å². The first-order chi connectivity index (χ1) is 11.6. The Labute approximate surface area is 159 Å². The Bertz CT molecular complexity index is 578. The summed E-state index contributed by atoms with van der Waals surface area (Å²) < 4.78 is 37.2. The second kappa shape index (κ2) is 11.7. The highest BCUT2D eigenvalue weighted by Crippen LogP contribution is 2.78. The number of rotatable bonds is 9. The summed E-state index contributed by atoms with van der Waals surface area (Å²) >= 11 is 11.2. The van der Waals surface area contributed by atoms with E-state index >= 15 is 0 Å². The van der Waals surface area contributed by atoms with Crippen molar-refractivity contribution < 1.29 is 32.2 Å². The smallest absolute Gasteiger partial charge is 0.375 e. The van der Waals surface area contributed by atoms with Gasteiger partial charge in [0.15, 0.2) is 20.0 Å². The van der Waals surface area contributed by atoms with Crippen molar-refractivity contribution in [2.75, 3.05) is 19.8 Å². The van der Waals surface area contributed by atoms with Crippen LogP contribution in [0, 0.1) is 0 Å². The van der Waals surface area contributed by atoms with Gasteiger partial charge in [-0.2, -0.15) is 0 Å². The molecule has 1 atom stereocenters. The molecule has 0 saturated heterocycles. The van der Waals surface area contributed by atoms with Gasteiger partial charge in [0.2, 0.25) is 0 Å². The summed E-state index contributed by atoms with van der Waals surface area (Å²) in [5.41, 5.74) is 0. The summed E-state index contributed by atoms with van der Waals surface area (Å²) in [6.07, 6.45) is 4.11. The highest BCUT2D eigenvalue weighted by Gasteiger charge is 2.57. The van der Waals surface area contributed by atoms with E-state index in [2.05, 4.69) is 28.4 Å². The van der Waals surface area contributed by atoms with Gasteiger partial charge in [-0.15, -0.1) is 0 Å². The maximum absolute atomic E-state index is 12.2. The molecule has 11 heteroatoms. The molecule has 0 saturated carbocycles. The molecule has 1 aromatic rings. The zero-order valence-electron chi connectivity index (χ0n) is 14.8. The van der Waals surface area contributed by atoms with Gasteiger partial charge in [0.05, 0.1) is 19.8 Å². The van der Waals surface area contributed by atoms with Gasteiger partial charge in [0.1, 0.15) is 6.54 Å². The molecule has 0 fully saturated rings. The maximum atomic E-state index is 12.2. The fraction of sp³-hybridized carbons (Fsp3) is 0.643. The minimum Gasteiger partial charge on any atom is -0.776 e. The molecule has 0 aliphatic heterocycles. The highest BCUT2D eigenvalue weighted by atomic mass is 35.5. The highest BCUT2D eigenvalue weighted by molar-refractivity contribution is 7.79. The SMILES string of the molecule is CCOP(=O)([O-])C(Cl)(Cl)P(=O)(OCC)OCC.CC[n+]1ccccc1. The standard InChI is InChI=1S/C7H16Cl2O6P2.C7H10N/c1-4-13-16(10,11)7(8,9)17(12,14-5-2)15-6-3;1-2-8-6-4-3-5-7-8/h4-6H2,1-3H3,(H,10,11);3-7H,2H2,1H3/q;+1/p-1. The molecular weight excluding hydrogens is 411 g/mol. The Kier molecular flexibility index (Phi) is 11.7. The molecule has 1 unspecified atom stereocenters. The molecule has 0 N–H and O–H groups in total. The van der Waals surface area contributed by atoms with Crippen molar-refractivity contribution in [2.24, 2.45) is 0 Å². The van der Waals surface area contributed by atoms with Crippen LogP contribution in [0.1, 0.15) is 27.7 Å². The predicted molar refractivity (Wildman–Crippen MR) is 96.8 cm³/mol. The van der Waals surface area contributed by atoms with Crippen molar-refractivity contribution in [3.63, 3.8) is 0 Å². The van der Waals surface area contributed by atoms with Gasteiger partial charge >= 0.3 is 7.60 Å². The van der Waals surface area contributed by atoms with Gasteiger partial charge < -0.3 is 23.0 Å². The summed E-state index contributed by atoms with van der Waals surface area (Å²) in [5.74, 6) is 0. The van der Waals surface area contributed by atoms with Crippen molar-refractivity contribution in [2.45, 2.75) is 38.1 Å². The van der Waals surface area contributed by atoms with Crippen molar-refractivity contribution in [1.82, 2.24) is 0 Å². The summed E-state index contributed by atoms with van der Waals surface area (Å²) in [5, 5.41) is 0. The molecule has 1 rings (SSSR count). The zero-order valence-corrected chi connectivity index (χ0v) is 18.1. The van der Waals surface area contributed by atoms with E-state index in [0.29, 0.717) is 0 Å². The second-order valence-corrected chi connectivity index (χ2v) is 11.3. The van der Waals surface area contributed by atoms with Crippen LogP contribution >= 0.6 is 38.4 Å². The lowest BCUT2D eigenvalue weighted by Crippen LogP contribution is -2.30. The number of nitrogens with zero attached hydrogens (tertiary/aromatic N) is 1. The van der Waals surface area contributed by atoms with Gasteiger partial charge in [-0.25, -0.2) is 4.57 Å². The molecule has 0 aliphatic rings. The summed E-state index contributed by atoms with van der Waals surface area (Å²) in [6.45, 7) is 7.31. The van der Waals surface area contributed by atoms with E-state index < -0.39 is 19.0 Å². The van der Waals surface area contributed by atoms with Crippen LogP contribution in [0.5, 0.6) is 0 Å². The molecule has 0 bridgehead atoms. The molecule has 25 heavy (non-hydrogen) atoms. The Morgan fingerprint density at radius 2 is 1.36 bits per heavy atom. The van der Waals surface area contributed by atoms with Crippen molar-refractivity contribution in [3.05, 3.63) is 30.6 Å². The van der Waals surface area contributed by atoms with Crippen molar-refractivity contribution >= 4 is 38.4 Å². The van der Waals surface area contributed by atoms with E-state index in [-0.39, 0.29) is 19.8 Å². The van der Waals surface area contributed by atoms with Crippen molar-refractivity contribution in [1.29, 1.82) is 0 Å². The van der Waals surface area contributed by atoms with Gasteiger partial charge in [0, 0.05) is 12.1 Å². The van der Waals surface area contributed by atoms with Crippen LogP contribution in [-0.2, 0) is 29.2 Å². The molecule has 7 nitrogen and oxygen atoms in total. The molecule has 1 aromatic heterocycles. The van der Waals surface area contributed by atoms with Crippen LogP contribution in [-0.4, -0.2) is 23.6 Å². The van der Waals surface area contributed by atoms with E-state index in [4.69, 9.17) is 32.2 Å². The summed E-state index contributed by atoms with van der Waals surface area (Å²) in [7, 11) is -9.05. The van der Waals surface area contributed by atoms with E-state index in [1.807, 2.05) is 18.2 Å². The number of hydrogen-bond acceptors (Lipinski definition) is 6. The molecule has 1 heterocycles. The first kappa shape index (κ1) is 25.0. The first-order valence-electron chi connectivity index (χ1n) is 7.78. The number of halogens is 2. The molecule has 146 valence electrons. The van der Waals surface area contributed by atoms with Gasteiger partial charge in [-0.1, -0.05) is 29.3 Å². The predicted octanol–water partition coefficient (Wildman–Crippen LogP) is 3.93. The molecule has 0 amide bonds. The maximum Gasteiger partial charge on any atom is 0.375 e. The number of alkyl halides is 2. The fourth-order valence-electron chi connectivity index (χ4n) is 1.58. The van der Waals surface area contributed by atoms with Crippen LogP contribution in [0.25, 0.3) is 0 Å². The van der Waals surface area contributed by atoms with Gasteiger partial charge in [0.25, 0.3) is 3.82 Å². The molecule has 0 spiro atoms. The minimum atomic E-state index is -4.81. The Morgan fingerprint density at radius 1 is 0.920 bits per heavy atom. The lowest BCUT2D eigenvalue weighted by Gasteiger charge is -2.37. The average Bonchev–Trinajstić information content (AvgIpc) is 2.56. The van der Waals surface area contributed by atoms with Gasteiger partial charge in [-0.05, 0) is 27.7 Å². The Balaban J connectivity index is 0.000000593. The van der Waals surface area contributed by atoms with E-state index in [1.165, 1.54) is 20.8 Å². The number of pyridine rings is 1. The van der Waals surface area contributed by atoms with Crippen molar-refractivity contribution in [3.8, 4) is 0 Å². The normalized spacial score (nSPS) is 14.4. The monoisotopic (exact) mass is 435 g/mol. The summed E-state index contributed by atoms with van der Waals surface area (Å²) in [6, 6.07) is 6.08. The third-order valence-electron chi connectivity index (χ3n) is 2.70. The molecule has 0 aliphatic carbocycles. The molecule has 0 aromatic carbocycles. The first-order valence-corrected chi connectivity index (χ1v) is 11.6. The quantitative estimate of drug-likeness (QED) is 0.331. The van der Waals surface area contributed by atoms with Crippen LogP contribution in [0.3, 0.4) is 0 Å². The fourth-order valence-corrected chi connectivity index (χ4v) is 5.73. The Morgan fingerprint density at radius 3 is 1.68 bits per heavy atom. The van der Waals surface area contributed by atoms with Crippen LogP contribution in [0.4, 0.5) is 0 Å². The average molecular weight is 436 g/mol. The van der Waals surface area contributed by atoms with E-state index in [1.54, 1.807) is 0 Å². The lowest BCUT2D eigenvalue weighted by atomic mass is 10.5. The van der Waals surface area contributed by atoms with Crippen LogP contribution in [0.15, 0.2) is 30.6 Å². The topological polar surface area (TPSA) is 88.8 Å². The number of aromatic nitrogens is 1. The number of hydrogen-bond donors (Lipinski definition) is 0. The second-order valence-electron chi connectivity index (χ2n) is 4.46. The molecule has 0 radical (unpaired) electrons. The minimum absolute atomic E-state index is 0.0649. The zero-order chi connectivity index (χ0) is 19.6. The summed E-state index contributed by atoms with van der Waals surface area (Å²) in [4.78, 5) is 11.7. The van der Waals surface area contributed by atoms with Crippen LogP contribution in [0.2, 0.25) is 0 Å². The number of aryl methyl sites for hydroxylation is 1. The van der Waals surface area contributed by atoms with Crippen LogP contribution < -0.4 is 9.46 Å². The third kappa shape index (κ3) is 7.28. The largest absolute Gasteiger partial charge is 0.776 e.